The molecular weight excluding hydrogens is 406 g/mol. The van der Waals surface area contributed by atoms with Crippen molar-refractivity contribution >= 4 is 24.4 Å². The average Bonchev–Trinajstić information content (AvgIpc) is 2.76. The van der Waals surface area contributed by atoms with Crippen LogP contribution in [-0.2, 0) is 16.0 Å². The largest absolute Gasteiger partial charge is 0.469 e. The molecule has 0 unspecified atom stereocenters. The second-order valence-electron chi connectivity index (χ2n) is 8.20. The lowest BCUT2D eigenvalue weighted by molar-refractivity contribution is -0.145. The number of carbonyl (C=O) groups excluding carboxylic acids is 2. The Bertz CT molecular complexity index is 836. The van der Waals surface area contributed by atoms with E-state index in [1.54, 1.807) is 0 Å². The van der Waals surface area contributed by atoms with Crippen LogP contribution in [0.1, 0.15) is 56.5 Å². The fourth-order valence-corrected chi connectivity index (χ4v) is 3.80. The molecule has 0 radical (unpaired) electrons. The Kier molecular flexibility index (Phi) is 11.6. The van der Waals surface area contributed by atoms with Gasteiger partial charge in [-0.1, -0.05) is 69.8 Å². The minimum Gasteiger partial charge on any atom is -0.469 e. The van der Waals surface area contributed by atoms with Gasteiger partial charge in [-0.2, -0.15) is 12.6 Å². The van der Waals surface area contributed by atoms with E-state index in [-0.39, 0.29) is 31.6 Å². The van der Waals surface area contributed by atoms with Crippen molar-refractivity contribution in [2.24, 2.45) is 17.6 Å². The summed E-state index contributed by atoms with van der Waals surface area (Å²) in [5, 5.41) is 0. The molecule has 2 N–H and O–H groups in total. The average molecular weight is 444 g/mol. The Morgan fingerprint density at radius 1 is 1.10 bits per heavy atom. The number of hydrogen-bond acceptors (Lipinski definition) is 5. The number of ketones is 1. The molecule has 2 rings (SSSR count). The molecule has 0 aromatic heterocycles. The van der Waals surface area contributed by atoms with E-state index < -0.39 is 5.92 Å². The van der Waals surface area contributed by atoms with Gasteiger partial charge in [-0.25, -0.2) is 0 Å². The van der Waals surface area contributed by atoms with Gasteiger partial charge in [-0.05, 0) is 41.9 Å². The maximum absolute atomic E-state index is 13.2. The van der Waals surface area contributed by atoms with Gasteiger partial charge in [0.2, 0.25) is 0 Å². The zero-order valence-electron chi connectivity index (χ0n) is 18.1. The van der Waals surface area contributed by atoms with Crippen LogP contribution in [0.3, 0.4) is 0 Å². The van der Waals surface area contributed by atoms with Crippen LogP contribution in [0.2, 0.25) is 0 Å². The lowest BCUT2D eigenvalue weighted by Gasteiger charge is -2.18. The summed E-state index contributed by atoms with van der Waals surface area (Å²) in [6, 6.07) is 15.9. The highest BCUT2D eigenvalue weighted by Crippen LogP contribution is 2.29. The summed E-state index contributed by atoms with van der Waals surface area (Å²) >= 11 is 4.25. The fourth-order valence-electron chi connectivity index (χ4n) is 3.62. The minimum absolute atomic E-state index is 0. The number of thiol groups is 1. The van der Waals surface area contributed by atoms with Gasteiger partial charge in [0.25, 0.3) is 0 Å². The molecular formula is C26H37NO3S. The van der Waals surface area contributed by atoms with Crippen molar-refractivity contribution in [2.45, 2.75) is 53.0 Å². The molecule has 0 saturated carbocycles. The number of carbonyl (C=O) groups is 2. The van der Waals surface area contributed by atoms with Crippen LogP contribution in [0.25, 0.3) is 11.1 Å². The van der Waals surface area contributed by atoms with Crippen LogP contribution in [0.4, 0.5) is 0 Å². The second-order valence-corrected chi connectivity index (χ2v) is 8.57. The number of esters is 1. The molecule has 170 valence electrons. The van der Waals surface area contributed by atoms with Crippen LogP contribution < -0.4 is 5.73 Å². The molecule has 0 saturated heterocycles. The number of rotatable bonds is 11. The van der Waals surface area contributed by atoms with Crippen LogP contribution in [0.15, 0.2) is 48.5 Å². The highest BCUT2D eigenvalue weighted by molar-refractivity contribution is 7.80. The minimum atomic E-state index is -0.431. The van der Waals surface area contributed by atoms with Crippen molar-refractivity contribution in [1.29, 1.82) is 0 Å². The number of nitrogens with two attached hydrogens (primary N) is 1. The van der Waals surface area contributed by atoms with Crippen molar-refractivity contribution in [2.75, 3.05) is 12.9 Å². The Morgan fingerprint density at radius 3 is 2.35 bits per heavy atom. The highest BCUT2D eigenvalue weighted by atomic mass is 32.1. The van der Waals surface area contributed by atoms with E-state index >= 15 is 0 Å². The third-order valence-corrected chi connectivity index (χ3v) is 5.70. The smallest absolute Gasteiger partial charge is 0.309 e. The van der Waals surface area contributed by atoms with E-state index in [1.165, 1.54) is 7.11 Å². The Morgan fingerprint density at radius 2 is 1.77 bits per heavy atom. The molecule has 0 fully saturated rings. The summed E-state index contributed by atoms with van der Waals surface area (Å²) in [6.07, 6.45) is 2.44. The molecule has 5 heteroatoms. The molecule has 31 heavy (non-hydrogen) atoms. The van der Waals surface area contributed by atoms with Crippen LogP contribution >= 0.6 is 12.6 Å². The summed E-state index contributed by atoms with van der Waals surface area (Å²) in [7, 11) is 1.37. The van der Waals surface area contributed by atoms with E-state index in [4.69, 9.17) is 10.5 Å². The lowest BCUT2D eigenvalue weighted by atomic mass is 9.87. The van der Waals surface area contributed by atoms with Crippen molar-refractivity contribution in [3.63, 3.8) is 0 Å². The van der Waals surface area contributed by atoms with Gasteiger partial charge in [0.05, 0.1) is 13.0 Å². The van der Waals surface area contributed by atoms with Gasteiger partial charge < -0.3 is 10.5 Å². The maximum Gasteiger partial charge on any atom is 0.309 e. The molecule has 0 heterocycles. The zero-order valence-corrected chi connectivity index (χ0v) is 19.0. The first kappa shape index (κ1) is 26.9. The Balaban J connectivity index is 0.00000480. The van der Waals surface area contributed by atoms with Crippen LogP contribution in [0.5, 0.6) is 0 Å². The Hall–Kier alpha value is -2.11. The summed E-state index contributed by atoms with van der Waals surface area (Å²) in [4.78, 5) is 25.4. The predicted molar refractivity (Wildman–Crippen MR) is 133 cm³/mol. The number of benzene rings is 2. The number of methoxy groups -OCH3 is 1. The van der Waals surface area contributed by atoms with Gasteiger partial charge in [0.15, 0.2) is 5.78 Å². The summed E-state index contributed by atoms with van der Waals surface area (Å²) < 4.78 is 4.94. The van der Waals surface area contributed by atoms with Gasteiger partial charge in [-0.3, -0.25) is 9.59 Å². The molecule has 2 atom stereocenters. The van der Waals surface area contributed by atoms with Crippen molar-refractivity contribution in [3.05, 3.63) is 59.7 Å². The number of aryl methyl sites for hydroxylation is 1. The van der Waals surface area contributed by atoms with Gasteiger partial charge >= 0.3 is 5.97 Å². The first-order valence-corrected chi connectivity index (χ1v) is 11.1. The van der Waals surface area contributed by atoms with Crippen molar-refractivity contribution in [3.8, 4) is 11.1 Å². The molecule has 4 nitrogen and oxygen atoms in total. The van der Waals surface area contributed by atoms with E-state index in [0.717, 1.165) is 29.5 Å². The standard InChI is InChI=1S/C25H33NO3S.CH4/c1-17(2)13-20(25(28)29-3)15-24(27)22-12-10-18(9-11-21(26)16-30)14-23(22)19-7-5-4-6-8-19;/h4-8,10,12,14,17,20-21,30H,9,11,13,15-16,26H2,1-3H3;1H4/t20-,21-;/m1./s1. The fraction of sp³-hybridized carbons (Fsp3) is 0.462. The van der Waals surface area contributed by atoms with Crippen LogP contribution in [-0.4, -0.2) is 30.7 Å². The van der Waals surface area contributed by atoms with Gasteiger partial charge in [0, 0.05) is 23.8 Å². The summed E-state index contributed by atoms with van der Waals surface area (Å²) in [6.45, 7) is 4.08. The first-order chi connectivity index (χ1) is 14.3. The monoisotopic (exact) mass is 443 g/mol. The topological polar surface area (TPSA) is 69.4 Å². The molecule has 0 bridgehead atoms. The lowest BCUT2D eigenvalue weighted by Crippen LogP contribution is -2.22. The van der Waals surface area contributed by atoms with Gasteiger partial charge in [0.1, 0.15) is 0 Å². The number of hydrogen-bond donors (Lipinski definition) is 2. The van der Waals surface area contributed by atoms with Gasteiger partial charge in [-0.15, -0.1) is 0 Å². The quantitative estimate of drug-likeness (QED) is 0.270. The molecule has 2 aromatic rings. The van der Waals surface area contributed by atoms with Crippen LogP contribution in [0, 0.1) is 11.8 Å². The molecule has 0 aliphatic rings. The zero-order chi connectivity index (χ0) is 22.1. The van der Waals surface area contributed by atoms with Crippen molar-refractivity contribution in [1.82, 2.24) is 0 Å². The molecule has 0 amide bonds. The first-order valence-electron chi connectivity index (χ1n) is 10.5. The normalized spacial score (nSPS) is 12.7. The molecule has 0 aliphatic carbocycles. The highest BCUT2D eigenvalue weighted by Gasteiger charge is 2.25. The van der Waals surface area contributed by atoms with E-state index in [1.807, 2.05) is 56.3 Å². The number of Topliss-reactive ketones (excluding diaryl/α,β-unsaturated/α-hetero) is 1. The third kappa shape index (κ3) is 8.15. The molecule has 0 spiro atoms. The van der Waals surface area contributed by atoms with E-state index in [9.17, 15) is 9.59 Å². The maximum atomic E-state index is 13.2. The predicted octanol–water partition coefficient (Wildman–Crippen LogP) is 5.59. The second kappa shape index (κ2) is 13.3. The molecule has 2 aromatic carbocycles. The van der Waals surface area contributed by atoms with E-state index in [2.05, 4.69) is 18.7 Å². The van der Waals surface area contributed by atoms with Crippen molar-refractivity contribution < 1.29 is 14.3 Å². The third-order valence-electron chi connectivity index (χ3n) is 5.23. The number of ether oxygens (including phenoxy) is 1. The summed E-state index contributed by atoms with van der Waals surface area (Å²) in [5.41, 5.74) is 9.66. The SMILES string of the molecule is C.COC(=O)[C@@H](CC(=O)c1ccc(CC[C@@H](N)CS)cc1-c1ccccc1)CC(C)C. The molecule has 0 aliphatic heterocycles. The van der Waals surface area contributed by atoms with E-state index in [0.29, 0.717) is 23.7 Å². The Labute approximate surface area is 193 Å². The summed E-state index contributed by atoms with van der Waals surface area (Å²) in [5.74, 6) is 0.152.